The number of fused-ring (bicyclic) bond motifs is 1. The van der Waals surface area contributed by atoms with E-state index < -0.39 is 70.7 Å². The van der Waals surface area contributed by atoms with E-state index >= 15 is 0 Å². The molecule has 0 spiro atoms. The third kappa shape index (κ3) is 8.59. The van der Waals surface area contributed by atoms with Crippen LogP contribution < -0.4 is 4.90 Å². The molecule has 1 unspecified atom stereocenters. The van der Waals surface area contributed by atoms with Crippen LogP contribution in [0.5, 0.6) is 0 Å². The fourth-order valence-corrected chi connectivity index (χ4v) is 5.56. The van der Waals surface area contributed by atoms with Gasteiger partial charge in [-0.3, -0.25) is 9.59 Å². The summed E-state index contributed by atoms with van der Waals surface area (Å²) in [6.07, 6.45) is -14.4. The first-order valence-electron chi connectivity index (χ1n) is 13.7. The lowest BCUT2D eigenvalue weighted by atomic mass is 9.85. The van der Waals surface area contributed by atoms with E-state index in [4.69, 9.17) is 0 Å². The Morgan fingerprint density at radius 2 is 1.48 bits per heavy atom. The predicted molar refractivity (Wildman–Crippen MR) is 144 cm³/mol. The van der Waals surface area contributed by atoms with Gasteiger partial charge in [-0.2, -0.15) is 39.5 Å². The lowest BCUT2D eigenvalue weighted by Crippen LogP contribution is -2.33. The average Bonchev–Trinajstić information content (AvgIpc) is 3.01. The molecule has 0 fully saturated rings. The van der Waals surface area contributed by atoms with E-state index in [9.17, 15) is 54.2 Å². The van der Waals surface area contributed by atoms with Crippen LogP contribution in [0.25, 0.3) is 0 Å². The minimum Gasteiger partial charge on any atom is -0.481 e. The first-order valence-corrected chi connectivity index (χ1v) is 13.7. The van der Waals surface area contributed by atoms with Gasteiger partial charge in [-0.1, -0.05) is 19.9 Å². The van der Waals surface area contributed by atoms with Crippen molar-refractivity contribution in [3.63, 3.8) is 0 Å². The molecule has 2 aromatic rings. The second-order valence-electron chi connectivity index (χ2n) is 11.9. The molecule has 1 atom stereocenters. The summed E-state index contributed by atoms with van der Waals surface area (Å²) in [5.41, 5.74) is -4.97. The molecule has 1 amide bonds. The monoisotopic (exact) mass is 640 g/mol. The van der Waals surface area contributed by atoms with Gasteiger partial charge in [0.25, 0.3) is 0 Å². The van der Waals surface area contributed by atoms with Gasteiger partial charge in [0.1, 0.15) is 0 Å². The van der Waals surface area contributed by atoms with E-state index in [0.717, 1.165) is 17.9 Å². The number of nitrogens with zero attached hydrogens (tertiary/aromatic N) is 2. The molecule has 244 valence electrons. The van der Waals surface area contributed by atoms with Crippen molar-refractivity contribution in [2.24, 2.45) is 5.41 Å². The van der Waals surface area contributed by atoms with Gasteiger partial charge < -0.3 is 14.9 Å². The molecule has 0 saturated carbocycles. The molecule has 3 rings (SSSR count). The van der Waals surface area contributed by atoms with Crippen LogP contribution in [0, 0.1) is 12.3 Å². The van der Waals surface area contributed by atoms with Crippen LogP contribution in [0.3, 0.4) is 0 Å². The molecule has 2 aromatic carbocycles. The Hall–Kier alpha value is -3.45. The normalized spacial score (nSPS) is 16.4. The molecule has 44 heavy (non-hydrogen) atoms. The van der Waals surface area contributed by atoms with Gasteiger partial charge in [-0.15, -0.1) is 0 Å². The molecule has 0 aliphatic carbocycles. The van der Waals surface area contributed by atoms with Gasteiger partial charge in [-0.25, -0.2) is 0 Å². The average molecular weight is 641 g/mol. The van der Waals surface area contributed by atoms with Gasteiger partial charge in [0.2, 0.25) is 5.91 Å². The topological polar surface area (TPSA) is 60.9 Å². The Kier molecular flexibility index (Phi) is 9.96. The van der Waals surface area contributed by atoms with Crippen molar-refractivity contribution in [1.82, 2.24) is 4.90 Å². The number of benzene rings is 2. The summed E-state index contributed by atoms with van der Waals surface area (Å²) >= 11 is 0. The summed E-state index contributed by atoms with van der Waals surface area (Å²) in [5, 5.41) is 9.24. The fourth-order valence-electron chi connectivity index (χ4n) is 5.56. The van der Waals surface area contributed by atoms with Gasteiger partial charge in [-0.05, 0) is 72.6 Å². The van der Waals surface area contributed by atoms with E-state index in [2.05, 4.69) is 0 Å². The largest absolute Gasteiger partial charge is 0.481 e. The number of halogens is 9. The summed E-state index contributed by atoms with van der Waals surface area (Å²) in [6, 6.07) is 2.26. The molecule has 1 aliphatic heterocycles. The number of anilines is 1. The quantitative estimate of drug-likeness (QED) is 0.294. The molecule has 1 N–H and O–H groups in total. The van der Waals surface area contributed by atoms with E-state index in [1.165, 1.54) is 13.0 Å². The molecule has 0 bridgehead atoms. The Labute approximate surface area is 248 Å². The Morgan fingerprint density at radius 1 is 0.909 bits per heavy atom. The first-order chi connectivity index (χ1) is 20.0. The van der Waals surface area contributed by atoms with Crippen LogP contribution >= 0.6 is 0 Å². The molecule has 0 radical (unpaired) electrons. The van der Waals surface area contributed by atoms with Crippen molar-refractivity contribution < 1.29 is 54.2 Å². The number of amides is 1. The van der Waals surface area contributed by atoms with Crippen LogP contribution in [0.15, 0.2) is 30.3 Å². The second kappa shape index (κ2) is 12.5. The molecule has 0 saturated heterocycles. The highest BCUT2D eigenvalue weighted by Crippen LogP contribution is 2.44. The predicted octanol–water partition coefficient (Wildman–Crippen LogP) is 8.63. The van der Waals surface area contributed by atoms with Crippen molar-refractivity contribution in [3.05, 3.63) is 63.7 Å². The number of rotatable bonds is 8. The summed E-state index contributed by atoms with van der Waals surface area (Å²) in [7, 11) is 0. The second-order valence-corrected chi connectivity index (χ2v) is 11.9. The third-order valence-corrected chi connectivity index (χ3v) is 7.75. The smallest absolute Gasteiger partial charge is 0.416 e. The number of aliphatic carboxylic acids is 1. The summed E-state index contributed by atoms with van der Waals surface area (Å²) < 4.78 is 123. The maximum absolute atomic E-state index is 14.0. The number of carbonyl (C=O) groups is 2. The number of hydrogen-bond donors (Lipinski definition) is 1. The van der Waals surface area contributed by atoms with Gasteiger partial charge in [0.15, 0.2) is 0 Å². The maximum Gasteiger partial charge on any atom is 0.416 e. The molecule has 0 aromatic heterocycles. The number of hydrogen-bond acceptors (Lipinski definition) is 3. The number of carbonyl (C=O) groups excluding carboxylic acids is 1. The zero-order valence-corrected chi connectivity index (χ0v) is 24.5. The zero-order valence-electron chi connectivity index (χ0n) is 24.5. The van der Waals surface area contributed by atoms with Crippen LogP contribution in [0.4, 0.5) is 45.2 Å². The summed E-state index contributed by atoms with van der Waals surface area (Å²) in [4.78, 5) is 27.0. The summed E-state index contributed by atoms with van der Waals surface area (Å²) in [5.74, 6) is -1.73. The highest BCUT2D eigenvalue weighted by Gasteiger charge is 2.39. The minimum absolute atomic E-state index is 0.0195. The van der Waals surface area contributed by atoms with E-state index in [1.807, 2.05) is 0 Å². The van der Waals surface area contributed by atoms with Gasteiger partial charge in [0, 0.05) is 32.2 Å². The number of carboxylic acids is 1. The lowest BCUT2D eigenvalue weighted by molar-refractivity contribution is -0.143. The molecule has 1 heterocycles. The van der Waals surface area contributed by atoms with Gasteiger partial charge >= 0.3 is 24.5 Å². The van der Waals surface area contributed by atoms with Crippen molar-refractivity contribution in [2.45, 2.75) is 84.5 Å². The molecule has 1 aliphatic rings. The SMILES string of the molecule is CC(=O)N(Cc1cc(C(F)(F)F)cc(C(F)(F)F)c1)C1CCCN(CCC(C)(C)CC(=O)O)c2cc(C(F)(F)F)c(C)cc21. The van der Waals surface area contributed by atoms with Crippen molar-refractivity contribution in [1.29, 1.82) is 0 Å². The van der Waals surface area contributed by atoms with Crippen LogP contribution in [-0.2, 0) is 34.7 Å². The van der Waals surface area contributed by atoms with E-state index in [0.29, 0.717) is 25.0 Å². The first kappa shape index (κ1) is 35.0. The van der Waals surface area contributed by atoms with Gasteiger partial charge in [0.05, 0.1) is 29.2 Å². The minimum atomic E-state index is -5.11. The van der Waals surface area contributed by atoms with Crippen molar-refractivity contribution in [3.8, 4) is 0 Å². The zero-order chi connectivity index (χ0) is 33.4. The maximum atomic E-state index is 14.0. The molecular formula is C30H33F9N2O3. The number of carboxylic acid groups (broad SMARTS) is 1. The fraction of sp³-hybridized carbons (Fsp3) is 0.533. The summed E-state index contributed by atoms with van der Waals surface area (Å²) in [6.45, 7) is 5.47. The Bertz CT molecular complexity index is 1350. The van der Waals surface area contributed by atoms with Crippen LogP contribution in [0.2, 0.25) is 0 Å². The number of aryl methyl sites for hydroxylation is 1. The molecule has 5 nitrogen and oxygen atoms in total. The third-order valence-electron chi connectivity index (χ3n) is 7.75. The Balaban J connectivity index is 2.13. The van der Waals surface area contributed by atoms with Crippen LogP contribution in [-0.4, -0.2) is 35.0 Å². The van der Waals surface area contributed by atoms with Crippen molar-refractivity contribution >= 4 is 17.6 Å². The molecular weight excluding hydrogens is 607 g/mol. The van der Waals surface area contributed by atoms with Crippen molar-refractivity contribution in [2.75, 3.05) is 18.0 Å². The standard InChI is InChI=1S/C30H33F9N2O3/c1-17-10-22-24(41(18(2)42)16-19-11-20(28(31,32)33)13-21(12-19)29(34,35)36)6-5-8-40(9-7-27(3,4)15-26(43)44)25(22)14-23(17)30(37,38)39/h10-14,24H,5-9,15-16H2,1-4H3,(H,43,44). The Morgan fingerprint density at radius 3 is 1.95 bits per heavy atom. The van der Waals surface area contributed by atoms with E-state index in [1.54, 1.807) is 18.7 Å². The lowest BCUT2D eigenvalue weighted by Gasteiger charge is -2.34. The molecule has 14 heteroatoms. The highest BCUT2D eigenvalue weighted by atomic mass is 19.4. The number of alkyl halides is 9. The highest BCUT2D eigenvalue weighted by molar-refractivity contribution is 5.75. The van der Waals surface area contributed by atoms with Crippen LogP contribution in [0.1, 0.15) is 85.9 Å². The van der Waals surface area contributed by atoms with E-state index in [-0.39, 0.29) is 48.8 Å².